The van der Waals surface area contributed by atoms with Crippen LogP contribution in [-0.4, -0.2) is 32.9 Å². The molecule has 1 atom stereocenters. The molecule has 0 saturated heterocycles. The second kappa shape index (κ2) is 9.52. The second-order valence-corrected chi connectivity index (χ2v) is 8.09. The molecule has 0 aliphatic heterocycles. The number of pyridine rings is 1. The van der Waals surface area contributed by atoms with Crippen molar-refractivity contribution in [3.63, 3.8) is 0 Å². The van der Waals surface area contributed by atoms with E-state index in [0.717, 1.165) is 16.7 Å². The van der Waals surface area contributed by atoms with E-state index in [2.05, 4.69) is 20.5 Å². The van der Waals surface area contributed by atoms with Gasteiger partial charge in [-0.25, -0.2) is 4.68 Å². The number of anilines is 1. The highest BCUT2D eigenvalue weighted by Gasteiger charge is 2.26. The molecular formula is C23H22N6O2S. The van der Waals surface area contributed by atoms with E-state index in [1.54, 1.807) is 25.6 Å². The Balaban J connectivity index is 1.65. The Bertz CT molecular complexity index is 1210. The summed E-state index contributed by atoms with van der Waals surface area (Å²) in [5.41, 5.74) is 3.16. The molecule has 2 heterocycles. The van der Waals surface area contributed by atoms with Gasteiger partial charge in [0.15, 0.2) is 5.82 Å². The number of benzene rings is 2. The number of ether oxygens (including phenoxy) is 1. The zero-order valence-corrected chi connectivity index (χ0v) is 18.4. The molecule has 0 fully saturated rings. The Morgan fingerprint density at radius 3 is 2.66 bits per heavy atom. The minimum absolute atomic E-state index is 0.226. The number of nitrogens with one attached hydrogen (secondary N) is 1. The average molecular weight is 447 g/mol. The first-order chi connectivity index (χ1) is 15.6. The number of aryl methyl sites for hydroxylation is 1. The first kappa shape index (κ1) is 21.4. The maximum absolute atomic E-state index is 13.4. The van der Waals surface area contributed by atoms with Crippen LogP contribution >= 0.6 is 11.8 Å². The summed E-state index contributed by atoms with van der Waals surface area (Å²) >= 11 is 1.22. The maximum atomic E-state index is 13.4. The van der Waals surface area contributed by atoms with E-state index in [0.29, 0.717) is 22.4 Å². The summed E-state index contributed by atoms with van der Waals surface area (Å²) in [6.07, 6.45) is 3.33. The molecule has 0 unspecified atom stereocenters. The number of aromatic nitrogens is 4. The van der Waals surface area contributed by atoms with Crippen LogP contribution in [0.4, 0.5) is 5.69 Å². The van der Waals surface area contributed by atoms with E-state index in [9.17, 15) is 4.79 Å². The number of carbonyl (C=O) groups is 1. The van der Waals surface area contributed by atoms with E-state index in [4.69, 9.17) is 10.6 Å². The van der Waals surface area contributed by atoms with Gasteiger partial charge in [0.25, 0.3) is 0 Å². The van der Waals surface area contributed by atoms with E-state index >= 15 is 0 Å². The van der Waals surface area contributed by atoms with Crippen molar-refractivity contribution in [3.05, 3.63) is 84.2 Å². The van der Waals surface area contributed by atoms with Crippen molar-refractivity contribution in [2.45, 2.75) is 17.3 Å². The van der Waals surface area contributed by atoms with Crippen LogP contribution in [0, 0.1) is 6.92 Å². The van der Waals surface area contributed by atoms with Gasteiger partial charge < -0.3 is 15.9 Å². The van der Waals surface area contributed by atoms with Crippen LogP contribution in [0.2, 0.25) is 0 Å². The molecule has 0 spiro atoms. The van der Waals surface area contributed by atoms with Gasteiger partial charge in [0.05, 0.1) is 12.8 Å². The van der Waals surface area contributed by atoms with Gasteiger partial charge in [0.1, 0.15) is 11.0 Å². The smallest absolute Gasteiger partial charge is 0.242 e. The number of amides is 1. The highest BCUT2D eigenvalue weighted by molar-refractivity contribution is 8.00. The number of hydrogen-bond acceptors (Lipinski definition) is 7. The number of rotatable bonds is 7. The molecule has 0 bridgehead atoms. The number of thioether (sulfide) groups is 1. The number of methoxy groups -OCH3 is 1. The van der Waals surface area contributed by atoms with E-state index in [1.165, 1.54) is 16.4 Å². The summed E-state index contributed by atoms with van der Waals surface area (Å²) in [5, 5.41) is 11.2. The minimum Gasteiger partial charge on any atom is -0.495 e. The average Bonchev–Trinajstić information content (AvgIpc) is 3.18. The Morgan fingerprint density at radius 1 is 1.12 bits per heavy atom. The molecule has 8 nitrogen and oxygen atoms in total. The lowest BCUT2D eigenvalue weighted by Crippen LogP contribution is -2.21. The molecule has 4 aromatic rings. The van der Waals surface area contributed by atoms with Gasteiger partial charge in [0.2, 0.25) is 11.1 Å². The molecule has 1 amide bonds. The largest absolute Gasteiger partial charge is 0.495 e. The highest BCUT2D eigenvalue weighted by Crippen LogP contribution is 2.37. The predicted molar refractivity (Wildman–Crippen MR) is 125 cm³/mol. The van der Waals surface area contributed by atoms with E-state index < -0.39 is 5.25 Å². The van der Waals surface area contributed by atoms with E-state index in [-0.39, 0.29) is 5.91 Å². The number of nitrogen functional groups attached to an aromatic ring is 1. The van der Waals surface area contributed by atoms with Crippen molar-refractivity contribution < 1.29 is 9.53 Å². The maximum Gasteiger partial charge on any atom is 0.242 e. The fraction of sp³-hybridized carbons (Fsp3) is 0.130. The van der Waals surface area contributed by atoms with Crippen LogP contribution in [-0.2, 0) is 4.79 Å². The number of hydrogen-bond donors (Lipinski definition) is 2. The van der Waals surface area contributed by atoms with Crippen molar-refractivity contribution >= 4 is 23.4 Å². The first-order valence-electron chi connectivity index (χ1n) is 9.85. The molecule has 0 saturated carbocycles. The third-order valence-corrected chi connectivity index (χ3v) is 5.97. The Hall–Kier alpha value is -3.85. The fourth-order valence-electron chi connectivity index (χ4n) is 3.17. The predicted octanol–water partition coefficient (Wildman–Crippen LogP) is 3.84. The van der Waals surface area contributed by atoms with Crippen LogP contribution in [0.15, 0.2) is 78.2 Å². The molecule has 3 N–H and O–H groups in total. The first-order valence-corrected chi connectivity index (χ1v) is 10.7. The van der Waals surface area contributed by atoms with Crippen LogP contribution < -0.4 is 15.9 Å². The van der Waals surface area contributed by atoms with Crippen molar-refractivity contribution in [1.29, 1.82) is 0 Å². The molecule has 0 radical (unpaired) electrons. The van der Waals surface area contributed by atoms with Gasteiger partial charge in [-0.1, -0.05) is 48.2 Å². The molecule has 32 heavy (non-hydrogen) atoms. The van der Waals surface area contributed by atoms with Crippen molar-refractivity contribution in [3.8, 4) is 17.1 Å². The molecule has 0 aliphatic carbocycles. The number of nitrogens with zero attached hydrogens (tertiary/aromatic N) is 4. The summed E-state index contributed by atoms with van der Waals surface area (Å²) in [6.45, 7) is 1.95. The van der Waals surface area contributed by atoms with Gasteiger partial charge in [-0.3, -0.25) is 9.78 Å². The lowest BCUT2D eigenvalue weighted by atomic mass is 10.1. The van der Waals surface area contributed by atoms with Gasteiger partial charge in [-0.2, -0.15) is 0 Å². The zero-order valence-electron chi connectivity index (χ0n) is 17.6. The van der Waals surface area contributed by atoms with Crippen LogP contribution in [0.3, 0.4) is 0 Å². The Morgan fingerprint density at radius 2 is 1.94 bits per heavy atom. The number of nitrogens with two attached hydrogens (primary N) is 1. The molecule has 2 aromatic heterocycles. The van der Waals surface area contributed by atoms with Gasteiger partial charge in [0, 0.05) is 18.0 Å². The quantitative estimate of drug-likeness (QED) is 0.328. The lowest BCUT2D eigenvalue weighted by Gasteiger charge is -2.18. The molecule has 2 aromatic carbocycles. The van der Waals surface area contributed by atoms with Crippen LogP contribution in [0.1, 0.15) is 16.4 Å². The van der Waals surface area contributed by atoms with Gasteiger partial charge >= 0.3 is 0 Å². The Labute approximate surface area is 189 Å². The number of carbonyl (C=O) groups excluding carboxylic acids is 1. The lowest BCUT2D eigenvalue weighted by molar-refractivity contribution is -0.115. The highest BCUT2D eigenvalue weighted by atomic mass is 32.2. The summed E-state index contributed by atoms with van der Waals surface area (Å²) in [5.74, 6) is 7.10. The van der Waals surface area contributed by atoms with Crippen molar-refractivity contribution in [1.82, 2.24) is 19.9 Å². The monoisotopic (exact) mass is 446 g/mol. The zero-order chi connectivity index (χ0) is 22.5. The third kappa shape index (κ3) is 4.57. The minimum atomic E-state index is -0.616. The molecule has 162 valence electrons. The summed E-state index contributed by atoms with van der Waals surface area (Å²) in [7, 11) is 1.57. The van der Waals surface area contributed by atoms with Crippen molar-refractivity contribution in [2.24, 2.45) is 0 Å². The third-order valence-electron chi connectivity index (χ3n) is 4.76. The van der Waals surface area contributed by atoms with Gasteiger partial charge in [-0.15, -0.1) is 10.2 Å². The van der Waals surface area contributed by atoms with Crippen LogP contribution in [0.5, 0.6) is 5.75 Å². The van der Waals surface area contributed by atoms with Crippen molar-refractivity contribution in [2.75, 3.05) is 18.3 Å². The summed E-state index contributed by atoms with van der Waals surface area (Å²) in [4.78, 5) is 17.5. The normalized spacial score (nSPS) is 11.7. The second-order valence-electron chi connectivity index (χ2n) is 7.02. The summed E-state index contributed by atoms with van der Waals surface area (Å²) in [6, 6.07) is 18.7. The van der Waals surface area contributed by atoms with Crippen LogP contribution in [0.25, 0.3) is 11.4 Å². The fourth-order valence-corrected chi connectivity index (χ4v) is 4.13. The summed E-state index contributed by atoms with van der Waals surface area (Å²) < 4.78 is 6.78. The SMILES string of the molecule is COc1ccc(C)cc1NC(=O)[C@H](Sc1nnc(-c2cccnc2)n1N)c1ccccc1. The molecular weight excluding hydrogens is 424 g/mol. The topological polar surface area (TPSA) is 108 Å². The molecule has 4 rings (SSSR count). The molecule has 9 heteroatoms. The standard InChI is InChI=1S/C23H22N6O2S/c1-15-10-11-19(31-2)18(13-15)26-22(30)20(16-7-4-3-5-8-16)32-23-28-27-21(29(23)24)17-9-6-12-25-14-17/h3-14,20H,24H2,1-2H3,(H,26,30)/t20-/m1/s1. The molecule has 0 aliphatic rings. The van der Waals surface area contributed by atoms with Gasteiger partial charge in [-0.05, 0) is 42.3 Å². The van der Waals surface area contributed by atoms with E-state index in [1.807, 2.05) is 61.5 Å². The Kier molecular flexibility index (Phi) is 6.37.